The molecule has 0 aromatic heterocycles. The Morgan fingerprint density at radius 2 is 2.27 bits per heavy atom. The molecule has 1 aromatic rings. The first-order chi connectivity index (χ1) is 6.98. The highest BCUT2D eigenvalue weighted by Crippen LogP contribution is 2.23. The Morgan fingerprint density at radius 1 is 1.60 bits per heavy atom. The number of hydrogen-bond acceptors (Lipinski definition) is 2. The van der Waals surface area contributed by atoms with Crippen molar-refractivity contribution in [3.05, 3.63) is 34.3 Å². The van der Waals surface area contributed by atoms with Gasteiger partial charge in [-0.05, 0) is 24.6 Å². The fourth-order valence-electron chi connectivity index (χ4n) is 1.27. The number of halogens is 1. The lowest BCUT2D eigenvalue weighted by Crippen LogP contribution is -2.45. The van der Waals surface area contributed by atoms with Crippen LogP contribution in [0.25, 0.3) is 0 Å². The predicted octanol–water partition coefficient (Wildman–Crippen LogP) is 1.92. The quantitative estimate of drug-likeness (QED) is 0.788. The Hall–Kier alpha value is -1.07. The maximum Gasteiger partial charge on any atom is 0.405 e. The number of hydrogen-bond donors (Lipinski definition) is 3. The van der Waals surface area contributed by atoms with Gasteiger partial charge in [0.25, 0.3) is 0 Å². The summed E-state index contributed by atoms with van der Waals surface area (Å²) in [4.78, 5) is 10.6. The summed E-state index contributed by atoms with van der Waals surface area (Å²) < 4.78 is 0.840. The number of benzene rings is 1. The van der Waals surface area contributed by atoms with Crippen LogP contribution in [0, 0.1) is 0 Å². The van der Waals surface area contributed by atoms with E-state index < -0.39 is 11.6 Å². The molecule has 1 atom stereocenters. The van der Waals surface area contributed by atoms with Gasteiger partial charge < -0.3 is 15.5 Å². The minimum absolute atomic E-state index is 0.296. The molecule has 0 aliphatic carbocycles. The molecule has 1 aromatic carbocycles. The molecule has 0 radical (unpaired) electrons. The highest BCUT2D eigenvalue weighted by Gasteiger charge is 2.27. The zero-order valence-corrected chi connectivity index (χ0v) is 9.78. The lowest BCUT2D eigenvalue weighted by molar-refractivity contribution is 0.146. The second kappa shape index (κ2) is 4.63. The first kappa shape index (κ1) is 12.0. The van der Waals surface area contributed by atoms with Gasteiger partial charge in [0.2, 0.25) is 0 Å². The number of nitrogens with one attached hydrogen (secondary N) is 1. The molecule has 0 aliphatic heterocycles. The van der Waals surface area contributed by atoms with Crippen molar-refractivity contribution < 1.29 is 15.0 Å². The minimum Gasteiger partial charge on any atom is -0.465 e. The number of amides is 1. The number of carbonyl (C=O) groups is 1. The van der Waals surface area contributed by atoms with Crippen molar-refractivity contribution >= 4 is 22.0 Å². The summed E-state index contributed by atoms with van der Waals surface area (Å²) >= 11 is 3.29. The van der Waals surface area contributed by atoms with Gasteiger partial charge in [-0.3, -0.25) is 0 Å². The van der Waals surface area contributed by atoms with Crippen LogP contribution in [-0.4, -0.2) is 22.9 Å². The molecule has 0 spiro atoms. The summed E-state index contributed by atoms with van der Waals surface area (Å²) in [5, 5.41) is 20.2. The van der Waals surface area contributed by atoms with Crippen molar-refractivity contribution in [3.8, 4) is 0 Å². The van der Waals surface area contributed by atoms with E-state index in [1.807, 2.05) is 6.07 Å². The second-order valence-corrected chi connectivity index (χ2v) is 4.35. The molecule has 0 bridgehead atoms. The molecule has 0 aliphatic rings. The monoisotopic (exact) mass is 273 g/mol. The van der Waals surface area contributed by atoms with E-state index in [1.165, 1.54) is 0 Å². The number of rotatable bonds is 3. The van der Waals surface area contributed by atoms with Crippen LogP contribution in [0.5, 0.6) is 0 Å². The standard InChI is InChI=1S/C10H12BrNO3/c1-10(6-13,12-9(14)15)7-3-2-4-8(11)5-7/h2-5,12-13H,6H2,1H3,(H,14,15). The highest BCUT2D eigenvalue weighted by molar-refractivity contribution is 9.10. The van der Waals surface area contributed by atoms with Crippen LogP contribution in [0.3, 0.4) is 0 Å². The number of carboxylic acid groups (broad SMARTS) is 1. The zero-order chi connectivity index (χ0) is 11.5. The van der Waals surface area contributed by atoms with Crippen LogP contribution in [-0.2, 0) is 5.54 Å². The summed E-state index contributed by atoms with van der Waals surface area (Å²) in [5.74, 6) is 0. The molecule has 1 unspecified atom stereocenters. The van der Waals surface area contributed by atoms with Crippen molar-refractivity contribution in [1.29, 1.82) is 0 Å². The highest BCUT2D eigenvalue weighted by atomic mass is 79.9. The SMILES string of the molecule is CC(CO)(NC(=O)O)c1cccc(Br)c1. The van der Waals surface area contributed by atoms with E-state index in [1.54, 1.807) is 25.1 Å². The Kier molecular flexibility index (Phi) is 3.71. The molecule has 1 rings (SSSR count). The molecule has 82 valence electrons. The van der Waals surface area contributed by atoms with Crippen LogP contribution in [0.15, 0.2) is 28.7 Å². The van der Waals surface area contributed by atoms with E-state index in [0.717, 1.165) is 4.47 Å². The zero-order valence-electron chi connectivity index (χ0n) is 8.20. The van der Waals surface area contributed by atoms with Crippen LogP contribution >= 0.6 is 15.9 Å². The van der Waals surface area contributed by atoms with Crippen LogP contribution in [0.2, 0.25) is 0 Å². The minimum atomic E-state index is -1.16. The smallest absolute Gasteiger partial charge is 0.405 e. The Balaban J connectivity index is 3.05. The van der Waals surface area contributed by atoms with E-state index >= 15 is 0 Å². The summed E-state index contributed by atoms with van der Waals surface area (Å²) in [6.45, 7) is 1.33. The normalized spacial score (nSPS) is 14.3. The molecule has 15 heavy (non-hydrogen) atoms. The van der Waals surface area contributed by atoms with Gasteiger partial charge in [-0.1, -0.05) is 28.1 Å². The molecule has 4 nitrogen and oxygen atoms in total. The molecular formula is C10H12BrNO3. The molecule has 3 N–H and O–H groups in total. The summed E-state index contributed by atoms with van der Waals surface area (Å²) in [6.07, 6.45) is -1.16. The Bertz CT molecular complexity index is 369. The average Bonchev–Trinajstić information content (AvgIpc) is 2.16. The van der Waals surface area contributed by atoms with Crippen molar-refractivity contribution in [1.82, 2.24) is 5.32 Å². The van der Waals surface area contributed by atoms with Crippen molar-refractivity contribution in [2.75, 3.05) is 6.61 Å². The molecule has 0 fully saturated rings. The fourth-order valence-corrected chi connectivity index (χ4v) is 1.67. The average molecular weight is 274 g/mol. The summed E-state index contributed by atoms with van der Waals surface area (Å²) in [7, 11) is 0. The van der Waals surface area contributed by atoms with Crippen molar-refractivity contribution in [2.24, 2.45) is 0 Å². The van der Waals surface area contributed by atoms with Gasteiger partial charge in [-0.2, -0.15) is 0 Å². The van der Waals surface area contributed by atoms with Gasteiger partial charge in [-0.25, -0.2) is 4.79 Å². The Morgan fingerprint density at radius 3 is 2.73 bits per heavy atom. The van der Waals surface area contributed by atoms with Gasteiger partial charge in [0.05, 0.1) is 12.1 Å². The van der Waals surface area contributed by atoms with Gasteiger partial charge in [0, 0.05) is 4.47 Å². The van der Waals surface area contributed by atoms with E-state index in [2.05, 4.69) is 21.2 Å². The second-order valence-electron chi connectivity index (χ2n) is 3.43. The third kappa shape index (κ3) is 2.94. The van der Waals surface area contributed by atoms with E-state index in [9.17, 15) is 9.90 Å². The van der Waals surface area contributed by atoms with Crippen LogP contribution in [0.1, 0.15) is 12.5 Å². The first-order valence-corrected chi connectivity index (χ1v) is 5.15. The molecule has 1 amide bonds. The molecule has 0 heterocycles. The maximum absolute atomic E-state index is 10.6. The number of aliphatic hydroxyl groups is 1. The third-order valence-electron chi connectivity index (χ3n) is 2.16. The molecule has 0 saturated carbocycles. The van der Waals surface area contributed by atoms with Crippen LogP contribution < -0.4 is 5.32 Å². The fraction of sp³-hybridized carbons (Fsp3) is 0.300. The van der Waals surface area contributed by atoms with E-state index in [-0.39, 0.29) is 6.61 Å². The van der Waals surface area contributed by atoms with Crippen LogP contribution in [0.4, 0.5) is 4.79 Å². The lowest BCUT2D eigenvalue weighted by atomic mass is 9.93. The van der Waals surface area contributed by atoms with Gasteiger partial charge in [0.15, 0.2) is 0 Å². The first-order valence-electron chi connectivity index (χ1n) is 4.36. The van der Waals surface area contributed by atoms with Crippen molar-refractivity contribution in [2.45, 2.75) is 12.5 Å². The van der Waals surface area contributed by atoms with E-state index in [0.29, 0.717) is 5.56 Å². The van der Waals surface area contributed by atoms with E-state index in [4.69, 9.17) is 5.11 Å². The van der Waals surface area contributed by atoms with Gasteiger partial charge in [-0.15, -0.1) is 0 Å². The Labute approximate surface area is 96.1 Å². The van der Waals surface area contributed by atoms with Gasteiger partial charge in [0.1, 0.15) is 0 Å². The molecule has 5 heteroatoms. The summed E-state index contributed by atoms with van der Waals surface area (Å²) in [5.41, 5.74) is -0.267. The van der Waals surface area contributed by atoms with Gasteiger partial charge >= 0.3 is 6.09 Å². The predicted molar refractivity (Wildman–Crippen MR) is 59.7 cm³/mol. The number of aliphatic hydroxyl groups excluding tert-OH is 1. The maximum atomic E-state index is 10.6. The van der Waals surface area contributed by atoms with Crippen molar-refractivity contribution in [3.63, 3.8) is 0 Å². The molecular weight excluding hydrogens is 262 g/mol. The largest absolute Gasteiger partial charge is 0.465 e. The molecule has 0 saturated heterocycles. The lowest BCUT2D eigenvalue weighted by Gasteiger charge is -2.27. The topological polar surface area (TPSA) is 69.6 Å². The third-order valence-corrected chi connectivity index (χ3v) is 2.65. The summed E-state index contributed by atoms with van der Waals surface area (Å²) in [6, 6.07) is 7.15.